The number of hydrogen-bond acceptors (Lipinski definition) is 6. The minimum Gasteiger partial charge on any atom is -0.493 e. The number of tetrazole rings is 1. The molecule has 3 rings (SSSR count). The van der Waals surface area contributed by atoms with Crippen LogP contribution >= 0.6 is 0 Å². The molecule has 2 aromatic carbocycles. The summed E-state index contributed by atoms with van der Waals surface area (Å²) in [6.45, 7) is 4.69. The Morgan fingerprint density at radius 2 is 2.07 bits per heavy atom. The Bertz CT molecular complexity index is 1020. The zero-order chi connectivity index (χ0) is 21.3. The van der Waals surface area contributed by atoms with Gasteiger partial charge in [-0.05, 0) is 71.3 Å². The van der Waals surface area contributed by atoms with Crippen LogP contribution in [0.2, 0.25) is 0 Å². The van der Waals surface area contributed by atoms with Crippen molar-refractivity contribution in [3.8, 4) is 17.2 Å². The molecule has 8 heteroatoms. The molecule has 0 spiro atoms. The number of hydrogen-bond donors (Lipinski definition) is 1. The molecule has 1 aromatic heterocycles. The average Bonchev–Trinajstić information content (AvgIpc) is 3.27. The number of carbonyl (C=O) groups is 1. The summed E-state index contributed by atoms with van der Waals surface area (Å²) < 4.78 is 12.7. The largest absolute Gasteiger partial charge is 0.493 e. The zero-order valence-electron chi connectivity index (χ0n) is 17.3. The number of methoxy groups -OCH3 is 1. The monoisotopic (exact) mass is 407 g/mol. The van der Waals surface area contributed by atoms with Gasteiger partial charge in [0, 0.05) is 11.8 Å². The lowest BCUT2D eigenvalue weighted by Gasteiger charge is -2.11. The van der Waals surface area contributed by atoms with E-state index in [9.17, 15) is 4.79 Å². The van der Waals surface area contributed by atoms with Crippen LogP contribution in [-0.4, -0.2) is 39.8 Å². The predicted molar refractivity (Wildman–Crippen MR) is 115 cm³/mol. The van der Waals surface area contributed by atoms with Gasteiger partial charge in [0.2, 0.25) is 5.91 Å². The van der Waals surface area contributed by atoms with Crippen molar-refractivity contribution in [3.05, 3.63) is 59.9 Å². The molecule has 0 saturated heterocycles. The fraction of sp³-hybridized carbons (Fsp3) is 0.273. The predicted octanol–water partition coefficient (Wildman–Crippen LogP) is 3.81. The highest BCUT2D eigenvalue weighted by Crippen LogP contribution is 2.28. The summed E-state index contributed by atoms with van der Waals surface area (Å²) in [5.74, 6) is 1.11. The average molecular weight is 407 g/mol. The second-order valence-corrected chi connectivity index (χ2v) is 6.69. The molecule has 0 bridgehead atoms. The molecule has 1 amide bonds. The van der Waals surface area contributed by atoms with Crippen molar-refractivity contribution in [1.82, 2.24) is 20.2 Å². The Morgan fingerprint density at radius 3 is 2.77 bits per heavy atom. The summed E-state index contributed by atoms with van der Waals surface area (Å²) in [7, 11) is 1.60. The van der Waals surface area contributed by atoms with Gasteiger partial charge in [-0.25, -0.2) is 4.68 Å². The van der Waals surface area contributed by atoms with Crippen LogP contribution in [0, 0.1) is 6.92 Å². The number of ether oxygens (including phenoxy) is 2. The first kappa shape index (κ1) is 21.0. The molecule has 0 atom stereocenters. The van der Waals surface area contributed by atoms with E-state index in [4.69, 9.17) is 9.47 Å². The maximum Gasteiger partial charge on any atom is 0.248 e. The third-order valence-corrected chi connectivity index (χ3v) is 4.43. The lowest BCUT2D eigenvalue weighted by Crippen LogP contribution is -2.08. The Labute approximate surface area is 175 Å². The molecule has 0 unspecified atom stereocenters. The van der Waals surface area contributed by atoms with Crippen LogP contribution < -0.4 is 14.8 Å². The summed E-state index contributed by atoms with van der Waals surface area (Å²) in [6.07, 6.45) is 6.80. The van der Waals surface area contributed by atoms with Crippen molar-refractivity contribution in [2.45, 2.75) is 26.7 Å². The topological polar surface area (TPSA) is 91.2 Å². The number of anilines is 1. The van der Waals surface area contributed by atoms with Gasteiger partial charge in [-0.3, -0.25) is 4.79 Å². The molecule has 1 heterocycles. The Kier molecular flexibility index (Phi) is 7.15. The van der Waals surface area contributed by atoms with E-state index < -0.39 is 0 Å². The van der Waals surface area contributed by atoms with E-state index in [0.29, 0.717) is 23.8 Å². The molecule has 30 heavy (non-hydrogen) atoms. The molecular weight excluding hydrogens is 382 g/mol. The zero-order valence-corrected chi connectivity index (χ0v) is 17.3. The molecule has 0 fully saturated rings. The second kappa shape index (κ2) is 10.2. The molecule has 3 aromatic rings. The van der Waals surface area contributed by atoms with Crippen molar-refractivity contribution in [2.24, 2.45) is 0 Å². The van der Waals surface area contributed by atoms with Crippen LogP contribution in [-0.2, 0) is 4.79 Å². The van der Waals surface area contributed by atoms with Crippen molar-refractivity contribution < 1.29 is 14.3 Å². The van der Waals surface area contributed by atoms with Gasteiger partial charge < -0.3 is 14.8 Å². The molecule has 0 aliphatic carbocycles. The molecule has 156 valence electrons. The van der Waals surface area contributed by atoms with Crippen LogP contribution in [0.3, 0.4) is 0 Å². The number of rotatable bonds is 9. The maximum atomic E-state index is 12.3. The van der Waals surface area contributed by atoms with Gasteiger partial charge in [0.15, 0.2) is 11.5 Å². The van der Waals surface area contributed by atoms with Gasteiger partial charge in [0.1, 0.15) is 6.33 Å². The minimum atomic E-state index is -0.230. The van der Waals surface area contributed by atoms with Crippen molar-refractivity contribution in [2.75, 3.05) is 19.0 Å². The molecule has 0 saturated carbocycles. The normalized spacial score (nSPS) is 10.9. The summed E-state index contributed by atoms with van der Waals surface area (Å²) >= 11 is 0. The van der Waals surface area contributed by atoms with Gasteiger partial charge >= 0.3 is 0 Å². The van der Waals surface area contributed by atoms with Gasteiger partial charge in [-0.15, -0.1) is 5.10 Å². The highest BCUT2D eigenvalue weighted by molar-refractivity contribution is 6.02. The summed E-state index contributed by atoms with van der Waals surface area (Å²) in [5, 5.41) is 14.0. The van der Waals surface area contributed by atoms with E-state index in [-0.39, 0.29) is 5.91 Å². The van der Waals surface area contributed by atoms with E-state index in [0.717, 1.165) is 29.7 Å². The van der Waals surface area contributed by atoms with Gasteiger partial charge in [-0.2, -0.15) is 0 Å². The van der Waals surface area contributed by atoms with E-state index in [1.165, 1.54) is 12.4 Å². The van der Waals surface area contributed by atoms with E-state index in [1.807, 2.05) is 37.3 Å². The number of aromatic nitrogens is 4. The smallest absolute Gasteiger partial charge is 0.248 e. The van der Waals surface area contributed by atoms with Crippen molar-refractivity contribution in [1.29, 1.82) is 0 Å². The fourth-order valence-corrected chi connectivity index (χ4v) is 2.85. The highest BCUT2D eigenvalue weighted by Gasteiger charge is 2.07. The Hall–Kier alpha value is -3.68. The van der Waals surface area contributed by atoms with Crippen LogP contribution in [0.15, 0.2) is 48.8 Å². The van der Waals surface area contributed by atoms with E-state index in [1.54, 1.807) is 23.9 Å². The number of nitrogens with one attached hydrogen (secondary N) is 1. The first-order valence-electron chi connectivity index (χ1n) is 9.74. The minimum absolute atomic E-state index is 0.230. The second-order valence-electron chi connectivity index (χ2n) is 6.69. The fourth-order valence-electron chi connectivity index (χ4n) is 2.85. The van der Waals surface area contributed by atoms with Crippen molar-refractivity contribution in [3.63, 3.8) is 0 Å². The molecular formula is C22H25N5O3. The van der Waals surface area contributed by atoms with Crippen LogP contribution in [0.1, 0.15) is 30.9 Å². The molecule has 0 aliphatic rings. The number of benzene rings is 2. The Balaban J connectivity index is 1.63. The standard InChI is InChI=1S/C22H25N5O3/c1-4-5-12-30-20-10-6-17(14-21(20)29-3)7-11-22(28)24-18-8-9-19(16(2)13-18)27-15-23-25-26-27/h6-11,13-15H,4-5,12H2,1-3H3,(H,24,28)/b11-7+. The summed E-state index contributed by atoms with van der Waals surface area (Å²) in [4.78, 5) is 12.3. The van der Waals surface area contributed by atoms with Crippen LogP contribution in [0.4, 0.5) is 5.69 Å². The van der Waals surface area contributed by atoms with Crippen LogP contribution in [0.25, 0.3) is 11.8 Å². The molecule has 0 aliphatic heterocycles. The van der Waals surface area contributed by atoms with Gasteiger partial charge in [-0.1, -0.05) is 19.4 Å². The quantitative estimate of drug-likeness (QED) is 0.428. The number of unbranched alkanes of at least 4 members (excludes halogenated alkanes) is 1. The number of nitrogens with zero attached hydrogens (tertiary/aromatic N) is 4. The van der Waals surface area contributed by atoms with Gasteiger partial charge in [0.25, 0.3) is 0 Å². The van der Waals surface area contributed by atoms with Crippen molar-refractivity contribution >= 4 is 17.7 Å². The molecule has 8 nitrogen and oxygen atoms in total. The number of carbonyl (C=O) groups excluding carboxylic acids is 1. The van der Waals surface area contributed by atoms with E-state index in [2.05, 4.69) is 27.8 Å². The summed E-state index contributed by atoms with van der Waals surface area (Å²) in [6, 6.07) is 11.1. The number of aryl methyl sites for hydroxylation is 1. The van der Waals surface area contributed by atoms with E-state index >= 15 is 0 Å². The van der Waals surface area contributed by atoms with Crippen LogP contribution in [0.5, 0.6) is 11.5 Å². The lowest BCUT2D eigenvalue weighted by molar-refractivity contribution is -0.111. The molecule has 0 radical (unpaired) electrons. The third kappa shape index (κ3) is 5.44. The Morgan fingerprint density at radius 1 is 1.20 bits per heavy atom. The number of amides is 1. The molecule has 1 N–H and O–H groups in total. The third-order valence-electron chi connectivity index (χ3n) is 4.43. The first-order valence-corrected chi connectivity index (χ1v) is 9.74. The summed E-state index contributed by atoms with van der Waals surface area (Å²) in [5.41, 5.74) is 3.32. The maximum absolute atomic E-state index is 12.3. The highest BCUT2D eigenvalue weighted by atomic mass is 16.5. The SMILES string of the molecule is CCCCOc1ccc(/C=C/C(=O)Nc2ccc(-n3cnnn3)c(C)c2)cc1OC. The van der Waals surface area contributed by atoms with Gasteiger partial charge in [0.05, 0.1) is 19.4 Å². The first-order chi connectivity index (χ1) is 14.6. The lowest BCUT2D eigenvalue weighted by atomic mass is 10.1.